The van der Waals surface area contributed by atoms with Crippen molar-refractivity contribution in [2.75, 3.05) is 5.32 Å². The minimum atomic E-state index is -0.474. The van der Waals surface area contributed by atoms with Gasteiger partial charge in [-0.05, 0) is 36.6 Å². The van der Waals surface area contributed by atoms with Crippen LogP contribution in [-0.2, 0) is 17.9 Å². The summed E-state index contributed by atoms with van der Waals surface area (Å²) in [7, 11) is 0. The molecule has 0 unspecified atom stereocenters. The molecule has 6 nitrogen and oxygen atoms in total. The number of thiophene rings is 1. The van der Waals surface area contributed by atoms with Crippen LogP contribution in [0.2, 0.25) is 0 Å². The lowest BCUT2D eigenvalue weighted by molar-refractivity contribution is -0.116. The smallest absolute Gasteiger partial charge is 0.324 e. The van der Waals surface area contributed by atoms with Crippen molar-refractivity contribution in [2.45, 2.75) is 20.0 Å². The molecule has 1 N–H and O–H groups in total. The zero-order valence-corrected chi connectivity index (χ0v) is 15.2. The molecule has 124 valence electrons. The van der Waals surface area contributed by atoms with E-state index >= 15 is 0 Å². The molecule has 0 atom stereocenters. The van der Waals surface area contributed by atoms with Gasteiger partial charge in [0, 0.05) is 16.7 Å². The molecular formula is C16H14BrN3O3S. The molecule has 3 aromatic rings. The van der Waals surface area contributed by atoms with Crippen molar-refractivity contribution in [3.63, 3.8) is 0 Å². The number of anilines is 1. The maximum Gasteiger partial charge on any atom is 0.331 e. The molecular weight excluding hydrogens is 394 g/mol. The number of amides is 1. The molecule has 0 saturated carbocycles. The van der Waals surface area contributed by atoms with E-state index < -0.39 is 5.69 Å². The third-order valence-electron chi connectivity index (χ3n) is 3.56. The van der Waals surface area contributed by atoms with Gasteiger partial charge < -0.3 is 5.32 Å². The van der Waals surface area contributed by atoms with E-state index in [1.54, 1.807) is 36.6 Å². The van der Waals surface area contributed by atoms with Crippen LogP contribution < -0.4 is 16.6 Å². The summed E-state index contributed by atoms with van der Waals surface area (Å²) in [4.78, 5) is 37.1. The zero-order chi connectivity index (χ0) is 17.3. The van der Waals surface area contributed by atoms with E-state index in [1.807, 2.05) is 6.07 Å². The number of rotatable bonds is 4. The number of carbonyl (C=O) groups is 1. The Bertz CT molecular complexity index is 1030. The third kappa shape index (κ3) is 3.07. The topological polar surface area (TPSA) is 73.1 Å². The lowest BCUT2D eigenvalue weighted by Crippen LogP contribution is -2.40. The molecule has 0 aliphatic heterocycles. The first-order chi connectivity index (χ1) is 11.5. The Balaban J connectivity index is 1.98. The molecule has 0 spiro atoms. The predicted octanol–water partition coefficient (Wildman–Crippen LogP) is 2.65. The Morgan fingerprint density at radius 2 is 2.04 bits per heavy atom. The lowest BCUT2D eigenvalue weighted by Gasteiger charge is -2.11. The van der Waals surface area contributed by atoms with Crippen molar-refractivity contribution in [2.24, 2.45) is 0 Å². The first-order valence-corrected chi connectivity index (χ1v) is 8.94. The highest BCUT2D eigenvalue weighted by Gasteiger charge is 2.15. The van der Waals surface area contributed by atoms with Gasteiger partial charge in [0.15, 0.2) is 0 Å². The number of nitrogens with zero attached hydrogens (tertiary/aromatic N) is 2. The number of carbonyl (C=O) groups excluding carboxylic acids is 1. The van der Waals surface area contributed by atoms with Crippen LogP contribution in [0.25, 0.3) is 10.2 Å². The number of halogens is 1. The number of hydrogen-bond acceptors (Lipinski definition) is 4. The monoisotopic (exact) mass is 407 g/mol. The molecule has 3 rings (SSSR count). The van der Waals surface area contributed by atoms with Crippen molar-refractivity contribution in [1.29, 1.82) is 0 Å². The SMILES string of the molecule is CCn1c(=O)c2sccc2n(CC(=O)Nc2cccc(Br)c2)c1=O. The molecule has 8 heteroatoms. The van der Waals surface area contributed by atoms with E-state index in [2.05, 4.69) is 21.2 Å². The number of benzene rings is 1. The summed E-state index contributed by atoms with van der Waals surface area (Å²) in [5, 5.41) is 4.50. The molecule has 0 aliphatic carbocycles. The van der Waals surface area contributed by atoms with E-state index in [4.69, 9.17) is 0 Å². The van der Waals surface area contributed by atoms with Crippen LogP contribution in [0.15, 0.2) is 49.8 Å². The van der Waals surface area contributed by atoms with Gasteiger partial charge in [-0.25, -0.2) is 4.79 Å². The second kappa shape index (κ2) is 6.74. The molecule has 2 heterocycles. The normalized spacial score (nSPS) is 10.9. The molecule has 1 aromatic carbocycles. The second-order valence-corrected chi connectivity index (χ2v) is 6.94. The van der Waals surface area contributed by atoms with E-state index in [0.717, 1.165) is 9.04 Å². The lowest BCUT2D eigenvalue weighted by atomic mass is 10.3. The van der Waals surface area contributed by atoms with Gasteiger partial charge in [-0.2, -0.15) is 0 Å². The summed E-state index contributed by atoms with van der Waals surface area (Å²) < 4.78 is 3.80. The van der Waals surface area contributed by atoms with Crippen LogP contribution in [0.4, 0.5) is 5.69 Å². The van der Waals surface area contributed by atoms with Gasteiger partial charge in [0.25, 0.3) is 5.56 Å². The summed E-state index contributed by atoms with van der Waals surface area (Å²) in [6.07, 6.45) is 0. The van der Waals surface area contributed by atoms with Gasteiger partial charge in [-0.3, -0.25) is 18.7 Å². The maximum atomic E-state index is 12.5. The molecule has 1 amide bonds. The molecule has 0 saturated heterocycles. The fourth-order valence-electron chi connectivity index (χ4n) is 2.48. The first kappa shape index (κ1) is 16.7. The highest BCUT2D eigenvalue weighted by Crippen LogP contribution is 2.17. The fraction of sp³-hybridized carbons (Fsp3) is 0.188. The standard InChI is InChI=1S/C16H14BrN3O3S/c1-2-19-15(22)14-12(6-7-24-14)20(16(19)23)9-13(21)18-11-5-3-4-10(17)8-11/h3-8H,2,9H2,1H3,(H,18,21). The fourth-order valence-corrected chi connectivity index (χ4v) is 3.72. The van der Waals surface area contributed by atoms with Crippen LogP contribution >= 0.6 is 27.3 Å². The minimum absolute atomic E-state index is 0.154. The van der Waals surface area contributed by atoms with Gasteiger partial charge in [-0.15, -0.1) is 11.3 Å². The van der Waals surface area contributed by atoms with E-state index in [1.165, 1.54) is 15.9 Å². The van der Waals surface area contributed by atoms with Crippen LogP contribution in [-0.4, -0.2) is 15.0 Å². The number of hydrogen-bond donors (Lipinski definition) is 1. The molecule has 2 aromatic heterocycles. The third-order valence-corrected chi connectivity index (χ3v) is 4.95. The van der Waals surface area contributed by atoms with Crippen LogP contribution in [0.5, 0.6) is 0 Å². The Labute approximate surface area is 149 Å². The highest BCUT2D eigenvalue weighted by atomic mass is 79.9. The van der Waals surface area contributed by atoms with E-state index in [0.29, 0.717) is 15.9 Å². The van der Waals surface area contributed by atoms with Crippen LogP contribution in [0.3, 0.4) is 0 Å². The zero-order valence-electron chi connectivity index (χ0n) is 12.8. The average molecular weight is 408 g/mol. The highest BCUT2D eigenvalue weighted by molar-refractivity contribution is 9.10. The first-order valence-electron chi connectivity index (χ1n) is 7.27. The van der Waals surface area contributed by atoms with Gasteiger partial charge in [0.05, 0.1) is 5.52 Å². The van der Waals surface area contributed by atoms with E-state index in [9.17, 15) is 14.4 Å². The molecule has 24 heavy (non-hydrogen) atoms. The molecule has 0 fully saturated rings. The second-order valence-electron chi connectivity index (χ2n) is 5.11. The predicted molar refractivity (Wildman–Crippen MR) is 98.8 cm³/mol. The maximum absolute atomic E-state index is 12.5. The Kier molecular flexibility index (Phi) is 4.68. The number of nitrogens with one attached hydrogen (secondary N) is 1. The summed E-state index contributed by atoms with van der Waals surface area (Å²) in [5.74, 6) is -0.330. The van der Waals surface area contributed by atoms with Crippen molar-refractivity contribution in [3.05, 3.63) is 61.0 Å². The molecule has 0 bridgehead atoms. The largest absolute Gasteiger partial charge is 0.331 e. The summed E-state index contributed by atoms with van der Waals surface area (Å²) in [5.41, 5.74) is 0.339. The molecule has 0 aliphatic rings. The van der Waals surface area contributed by atoms with Gasteiger partial charge >= 0.3 is 5.69 Å². The Morgan fingerprint density at radius 3 is 2.75 bits per heavy atom. The van der Waals surface area contributed by atoms with Crippen molar-refractivity contribution in [1.82, 2.24) is 9.13 Å². The van der Waals surface area contributed by atoms with E-state index in [-0.39, 0.29) is 24.6 Å². The number of fused-ring (bicyclic) bond motifs is 1. The number of aromatic nitrogens is 2. The Hall–Kier alpha value is -2.19. The van der Waals surface area contributed by atoms with Gasteiger partial charge in [0.2, 0.25) is 5.91 Å². The quantitative estimate of drug-likeness (QED) is 0.722. The molecule has 0 radical (unpaired) electrons. The minimum Gasteiger partial charge on any atom is -0.324 e. The van der Waals surface area contributed by atoms with Gasteiger partial charge in [0.1, 0.15) is 11.2 Å². The Morgan fingerprint density at radius 1 is 1.25 bits per heavy atom. The summed E-state index contributed by atoms with van der Waals surface area (Å²) >= 11 is 4.61. The van der Waals surface area contributed by atoms with Crippen molar-refractivity contribution < 1.29 is 4.79 Å². The van der Waals surface area contributed by atoms with Crippen molar-refractivity contribution >= 4 is 49.1 Å². The average Bonchev–Trinajstić information content (AvgIpc) is 3.02. The summed E-state index contributed by atoms with van der Waals surface area (Å²) in [6, 6.07) is 8.88. The van der Waals surface area contributed by atoms with Crippen LogP contribution in [0, 0.1) is 0 Å². The van der Waals surface area contributed by atoms with Crippen LogP contribution in [0.1, 0.15) is 6.92 Å². The summed E-state index contributed by atoms with van der Waals surface area (Å²) in [6.45, 7) is 1.84. The van der Waals surface area contributed by atoms with Crippen molar-refractivity contribution in [3.8, 4) is 0 Å². The van der Waals surface area contributed by atoms with Gasteiger partial charge in [-0.1, -0.05) is 22.0 Å².